The quantitative estimate of drug-likeness (QED) is 0.812. The van der Waals surface area contributed by atoms with Gasteiger partial charge in [-0.05, 0) is 42.2 Å². The zero-order chi connectivity index (χ0) is 14.5. The highest BCUT2D eigenvalue weighted by molar-refractivity contribution is 5.70. The lowest BCUT2D eigenvalue weighted by molar-refractivity contribution is -0.143. The van der Waals surface area contributed by atoms with E-state index in [4.69, 9.17) is 0 Å². The van der Waals surface area contributed by atoms with Crippen LogP contribution in [-0.4, -0.2) is 11.1 Å². The summed E-state index contributed by atoms with van der Waals surface area (Å²) in [5.74, 6) is 0.103. The first kappa shape index (κ1) is 15.1. The van der Waals surface area contributed by atoms with Gasteiger partial charge >= 0.3 is 5.97 Å². The topological polar surface area (TPSA) is 37.3 Å². The monoisotopic (exact) mass is 274 g/mol. The Morgan fingerprint density at radius 2 is 1.80 bits per heavy atom. The van der Waals surface area contributed by atoms with Gasteiger partial charge in [0.25, 0.3) is 0 Å². The standard InChI is InChI=1S/C18H26O2/c1-13(2)15-10-8-14(9-11-15)12-16-6-4-3-5-7-17(16)18(19)20/h8-11,13,16-17H,3-7,12H2,1-2H3,(H,19,20). The van der Waals surface area contributed by atoms with Gasteiger partial charge in [0, 0.05) is 0 Å². The highest BCUT2D eigenvalue weighted by Gasteiger charge is 2.29. The molecule has 1 N–H and O–H groups in total. The van der Waals surface area contributed by atoms with Crippen LogP contribution in [0.3, 0.4) is 0 Å². The molecule has 0 amide bonds. The lowest BCUT2D eigenvalue weighted by Crippen LogP contribution is -2.24. The molecule has 0 saturated heterocycles. The van der Waals surface area contributed by atoms with Crippen molar-refractivity contribution < 1.29 is 9.90 Å². The van der Waals surface area contributed by atoms with E-state index in [1.807, 2.05) is 0 Å². The van der Waals surface area contributed by atoms with E-state index in [2.05, 4.69) is 38.1 Å². The van der Waals surface area contributed by atoms with Crippen LogP contribution in [0, 0.1) is 11.8 Å². The largest absolute Gasteiger partial charge is 0.481 e. The second kappa shape index (κ2) is 6.92. The van der Waals surface area contributed by atoms with E-state index >= 15 is 0 Å². The predicted molar refractivity (Wildman–Crippen MR) is 81.9 cm³/mol. The number of hydrogen-bond acceptors (Lipinski definition) is 1. The van der Waals surface area contributed by atoms with E-state index in [0.717, 1.165) is 25.7 Å². The lowest BCUT2D eigenvalue weighted by atomic mass is 9.83. The number of rotatable bonds is 4. The first-order chi connectivity index (χ1) is 9.58. The maximum Gasteiger partial charge on any atom is 0.306 e. The van der Waals surface area contributed by atoms with Crippen molar-refractivity contribution in [1.29, 1.82) is 0 Å². The predicted octanol–water partition coefficient (Wildman–Crippen LogP) is 4.63. The minimum absolute atomic E-state index is 0.151. The van der Waals surface area contributed by atoms with Crippen molar-refractivity contribution in [1.82, 2.24) is 0 Å². The Kier molecular flexibility index (Phi) is 5.22. The minimum atomic E-state index is -0.601. The highest BCUT2D eigenvalue weighted by atomic mass is 16.4. The molecule has 1 saturated carbocycles. The number of aliphatic carboxylic acids is 1. The van der Waals surface area contributed by atoms with E-state index < -0.39 is 5.97 Å². The van der Waals surface area contributed by atoms with E-state index in [1.54, 1.807) is 0 Å². The van der Waals surface area contributed by atoms with Crippen LogP contribution < -0.4 is 0 Å². The van der Waals surface area contributed by atoms with Crippen molar-refractivity contribution in [3.8, 4) is 0 Å². The van der Waals surface area contributed by atoms with Gasteiger partial charge in [-0.15, -0.1) is 0 Å². The molecule has 2 unspecified atom stereocenters. The van der Waals surface area contributed by atoms with Crippen LogP contribution in [0.4, 0.5) is 0 Å². The Labute approximate surface area is 122 Å². The molecule has 2 heteroatoms. The normalized spacial score (nSPS) is 23.6. The molecular weight excluding hydrogens is 248 g/mol. The third-order valence-electron chi connectivity index (χ3n) is 4.62. The fourth-order valence-corrected chi connectivity index (χ4v) is 3.30. The van der Waals surface area contributed by atoms with Gasteiger partial charge in [0.2, 0.25) is 0 Å². The van der Waals surface area contributed by atoms with Crippen molar-refractivity contribution in [3.63, 3.8) is 0 Å². The molecule has 0 heterocycles. The third-order valence-corrected chi connectivity index (χ3v) is 4.62. The Morgan fingerprint density at radius 3 is 2.40 bits per heavy atom. The number of hydrogen-bond donors (Lipinski definition) is 1. The Hall–Kier alpha value is -1.31. The van der Waals surface area contributed by atoms with E-state index in [1.165, 1.54) is 24.0 Å². The summed E-state index contributed by atoms with van der Waals surface area (Å²) in [7, 11) is 0. The summed E-state index contributed by atoms with van der Waals surface area (Å²) in [4.78, 5) is 11.5. The van der Waals surface area contributed by atoms with E-state index in [-0.39, 0.29) is 5.92 Å². The molecule has 1 aliphatic rings. The molecule has 2 nitrogen and oxygen atoms in total. The number of carbonyl (C=O) groups is 1. The maximum atomic E-state index is 11.5. The molecule has 20 heavy (non-hydrogen) atoms. The molecule has 2 atom stereocenters. The summed E-state index contributed by atoms with van der Waals surface area (Å²) in [6.45, 7) is 4.39. The fraction of sp³-hybridized carbons (Fsp3) is 0.611. The van der Waals surface area contributed by atoms with Crippen molar-refractivity contribution in [2.75, 3.05) is 0 Å². The highest BCUT2D eigenvalue weighted by Crippen LogP contribution is 2.32. The third kappa shape index (κ3) is 3.84. The van der Waals surface area contributed by atoms with Crippen LogP contribution in [0.2, 0.25) is 0 Å². The van der Waals surface area contributed by atoms with Crippen LogP contribution >= 0.6 is 0 Å². The number of benzene rings is 1. The molecule has 2 rings (SSSR count). The van der Waals surface area contributed by atoms with Gasteiger partial charge in [-0.2, -0.15) is 0 Å². The van der Waals surface area contributed by atoms with Crippen LogP contribution in [-0.2, 0) is 11.2 Å². The van der Waals surface area contributed by atoms with Crippen LogP contribution in [0.5, 0.6) is 0 Å². The molecule has 1 aliphatic carbocycles. The van der Waals surface area contributed by atoms with Gasteiger partial charge in [-0.3, -0.25) is 4.79 Å². The van der Waals surface area contributed by atoms with Gasteiger partial charge in [-0.25, -0.2) is 0 Å². The number of carboxylic acid groups (broad SMARTS) is 1. The molecule has 0 aromatic heterocycles. The second-order valence-corrected chi connectivity index (χ2v) is 6.44. The average Bonchev–Trinajstić information content (AvgIpc) is 2.65. The first-order valence-corrected chi connectivity index (χ1v) is 7.89. The fourth-order valence-electron chi connectivity index (χ4n) is 3.30. The summed E-state index contributed by atoms with van der Waals surface area (Å²) in [6.07, 6.45) is 6.26. The van der Waals surface area contributed by atoms with E-state index in [9.17, 15) is 9.90 Å². The zero-order valence-electron chi connectivity index (χ0n) is 12.6. The van der Waals surface area contributed by atoms with Crippen molar-refractivity contribution in [3.05, 3.63) is 35.4 Å². The summed E-state index contributed by atoms with van der Waals surface area (Å²) < 4.78 is 0. The number of carboxylic acids is 1. The van der Waals surface area contributed by atoms with Gasteiger partial charge in [0.05, 0.1) is 5.92 Å². The van der Waals surface area contributed by atoms with E-state index in [0.29, 0.717) is 11.8 Å². The molecule has 110 valence electrons. The first-order valence-electron chi connectivity index (χ1n) is 7.89. The summed E-state index contributed by atoms with van der Waals surface area (Å²) in [6, 6.07) is 8.73. The Balaban J connectivity index is 2.07. The molecular formula is C18H26O2. The smallest absolute Gasteiger partial charge is 0.306 e. The van der Waals surface area contributed by atoms with Crippen molar-refractivity contribution >= 4 is 5.97 Å². The molecule has 0 spiro atoms. The SMILES string of the molecule is CC(C)c1ccc(CC2CCCCCC2C(=O)O)cc1. The van der Waals surface area contributed by atoms with Gasteiger partial charge in [0.1, 0.15) is 0 Å². The molecule has 1 aromatic carbocycles. The molecule has 1 aromatic rings. The molecule has 1 fully saturated rings. The van der Waals surface area contributed by atoms with Gasteiger partial charge in [-0.1, -0.05) is 57.4 Å². The zero-order valence-corrected chi connectivity index (χ0v) is 12.6. The maximum absolute atomic E-state index is 11.5. The Morgan fingerprint density at radius 1 is 1.15 bits per heavy atom. The van der Waals surface area contributed by atoms with Crippen molar-refractivity contribution in [2.45, 2.75) is 58.3 Å². The molecule has 0 bridgehead atoms. The second-order valence-electron chi connectivity index (χ2n) is 6.44. The van der Waals surface area contributed by atoms with Gasteiger partial charge in [0.15, 0.2) is 0 Å². The van der Waals surface area contributed by atoms with Crippen LogP contribution in [0.15, 0.2) is 24.3 Å². The molecule has 0 aliphatic heterocycles. The minimum Gasteiger partial charge on any atom is -0.481 e. The average molecular weight is 274 g/mol. The lowest BCUT2D eigenvalue weighted by Gasteiger charge is -2.21. The van der Waals surface area contributed by atoms with Crippen molar-refractivity contribution in [2.24, 2.45) is 11.8 Å². The summed E-state index contributed by atoms with van der Waals surface area (Å²) >= 11 is 0. The Bertz CT molecular complexity index is 433. The molecule has 0 radical (unpaired) electrons. The van der Waals surface area contributed by atoms with Crippen LogP contribution in [0.1, 0.15) is 63.0 Å². The summed E-state index contributed by atoms with van der Waals surface area (Å²) in [5, 5.41) is 9.43. The van der Waals surface area contributed by atoms with Crippen LogP contribution in [0.25, 0.3) is 0 Å². The summed E-state index contributed by atoms with van der Waals surface area (Å²) in [5.41, 5.74) is 2.64. The van der Waals surface area contributed by atoms with Gasteiger partial charge < -0.3 is 5.11 Å².